The smallest absolute Gasteiger partial charge is 0.191 e. The largest absolute Gasteiger partial charge is 0.383 e. The van der Waals surface area contributed by atoms with E-state index in [0.29, 0.717) is 12.6 Å². The maximum atomic E-state index is 11.0. The summed E-state index contributed by atoms with van der Waals surface area (Å²) in [7, 11) is -1.33. The highest BCUT2D eigenvalue weighted by atomic mass is 32.2. The Morgan fingerprint density at radius 2 is 2.12 bits per heavy atom. The first-order chi connectivity index (χ1) is 7.89. The van der Waals surface area contributed by atoms with Gasteiger partial charge in [-0.25, -0.2) is 8.42 Å². The molecule has 0 saturated heterocycles. The minimum atomic E-state index is -2.96. The summed E-state index contributed by atoms with van der Waals surface area (Å²) in [4.78, 5) is 4.18. The fraction of sp³-hybridized carbons (Fsp3) is 0.900. The molecule has 2 N–H and O–H groups in total. The first kappa shape index (κ1) is 16.2. The van der Waals surface area contributed by atoms with E-state index in [1.807, 2.05) is 13.8 Å². The second kappa shape index (κ2) is 8.30. The number of sulfone groups is 1. The molecular formula is C10H23N3O3S. The van der Waals surface area contributed by atoms with Gasteiger partial charge in [0, 0.05) is 26.0 Å². The normalized spacial score (nSPS) is 14.5. The number of nitrogens with one attached hydrogen (secondary N) is 2. The molecule has 0 amide bonds. The van der Waals surface area contributed by atoms with E-state index in [2.05, 4.69) is 15.6 Å². The van der Waals surface area contributed by atoms with E-state index < -0.39 is 9.84 Å². The van der Waals surface area contributed by atoms with Crippen LogP contribution in [-0.2, 0) is 14.6 Å². The van der Waals surface area contributed by atoms with Crippen molar-refractivity contribution in [1.29, 1.82) is 0 Å². The summed E-state index contributed by atoms with van der Waals surface area (Å²) in [6.07, 6.45) is 1.20. The molecule has 0 aliphatic carbocycles. The van der Waals surface area contributed by atoms with Gasteiger partial charge in [0.25, 0.3) is 0 Å². The lowest BCUT2D eigenvalue weighted by molar-refractivity contribution is 0.179. The Bertz CT molecular complexity index is 328. The lowest BCUT2D eigenvalue weighted by atomic mass is 10.4. The van der Waals surface area contributed by atoms with E-state index in [4.69, 9.17) is 4.74 Å². The van der Waals surface area contributed by atoms with Crippen molar-refractivity contribution in [2.24, 2.45) is 4.99 Å². The molecule has 0 fully saturated rings. The molecule has 6 nitrogen and oxygen atoms in total. The van der Waals surface area contributed by atoms with Gasteiger partial charge < -0.3 is 15.4 Å². The zero-order chi connectivity index (χ0) is 13.3. The van der Waals surface area contributed by atoms with Crippen LogP contribution in [0.15, 0.2) is 4.99 Å². The highest BCUT2D eigenvalue weighted by molar-refractivity contribution is 7.90. The molecule has 0 aliphatic heterocycles. The Hall–Kier alpha value is -0.820. The van der Waals surface area contributed by atoms with Crippen LogP contribution >= 0.6 is 0 Å². The Kier molecular flexibility index (Phi) is 7.90. The van der Waals surface area contributed by atoms with E-state index in [9.17, 15) is 8.42 Å². The Morgan fingerprint density at radius 3 is 2.59 bits per heavy atom. The number of nitrogens with zero attached hydrogens (tertiary/aromatic N) is 1. The molecule has 1 unspecified atom stereocenters. The molecule has 0 aromatic carbocycles. The molecule has 7 heteroatoms. The Balaban J connectivity index is 4.25. The minimum Gasteiger partial charge on any atom is -0.383 e. The van der Waals surface area contributed by atoms with Crippen LogP contribution in [-0.4, -0.2) is 59.2 Å². The van der Waals surface area contributed by atoms with Gasteiger partial charge in [-0.2, -0.15) is 0 Å². The number of guanidine groups is 1. The van der Waals surface area contributed by atoms with Crippen LogP contribution in [0, 0.1) is 0 Å². The van der Waals surface area contributed by atoms with Gasteiger partial charge in [0.1, 0.15) is 9.84 Å². The van der Waals surface area contributed by atoms with Crippen molar-refractivity contribution < 1.29 is 13.2 Å². The van der Waals surface area contributed by atoms with Crippen molar-refractivity contribution in [3.8, 4) is 0 Å². The predicted octanol–water partition coefficient (Wildman–Crippen LogP) is -0.379. The van der Waals surface area contributed by atoms with E-state index in [0.717, 1.165) is 6.54 Å². The average molecular weight is 265 g/mol. The standard InChI is InChI=1S/C10H23N3O3S/c1-5-11-10(13-9(2)8-16-3)12-6-7-17(4,14)15/h9H,5-8H2,1-4H3,(H2,11,12,13). The summed E-state index contributed by atoms with van der Waals surface area (Å²) >= 11 is 0. The summed E-state index contributed by atoms with van der Waals surface area (Å²) in [5.74, 6) is 0.670. The van der Waals surface area contributed by atoms with E-state index >= 15 is 0 Å². The second-order valence-corrected chi connectivity index (χ2v) is 6.15. The quantitative estimate of drug-likeness (QED) is 0.484. The van der Waals surface area contributed by atoms with Gasteiger partial charge in [0.2, 0.25) is 0 Å². The zero-order valence-electron chi connectivity index (χ0n) is 11.0. The molecule has 0 radical (unpaired) electrons. The summed E-state index contributed by atoms with van der Waals surface area (Å²) in [6.45, 7) is 5.47. The van der Waals surface area contributed by atoms with Gasteiger partial charge in [0.15, 0.2) is 5.96 Å². The molecule has 0 aromatic rings. The van der Waals surface area contributed by atoms with E-state index in [-0.39, 0.29) is 18.3 Å². The molecule has 0 aliphatic rings. The highest BCUT2D eigenvalue weighted by Crippen LogP contribution is 1.86. The third-order valence-corrected chi connectivity index (χ3v) is 2.80. The molecule has 0 rings (SSSR count). The van der Waals surface area contributed by atoms with Gasteiger partial charge in [-0.05, 0) is 13.8 Å². The number of methoxy groups -OCH3 is 1. The van der Waals surface area contributed by atoms with Crippen molar-refractivity contribution in [3.05, 3.63) is 0 Å². The van der Waals surface area contributed by atoms with E-state index in [1.54, 1.807) is 7.11 Å². The van der Waals surface area contributed by atoms with Crippen LogP contribution in [0.4, 0.5) is 0 Å². The molecule has 0 heterocycles. The molecular weight excluding hydrogens is 242 g/mol. The lowest BCUT2D eigenvalue weighted by Gasteiger charge is -2.16. The van der Waals surface area contributed by atoms with Crippen molar-refractivity contribution in [3.63, 3.8) is 0 Å². The summed E-state index contributed by atoms with van der Waals surface area (Å²) in [5, 5.41) is 6.17. The summed E-state index contributed by atoms with van der Waals surface area (Å²) in [5.41, 5.74) is 0. The van der Waals surface area contributed by atoms with Crippen molar-refractivity contribution in [2.45, 2.75) is 19.9 Å². The monoisotopic (exact) mass is 265 g/mol. The number of hydrogen-bond acceptors (Lipinski definition) is 4. The zero-order valence-corrected chi connectivity index (χ0v) is 11.8. The number of aliphatic imine (C=N–C) groups is 1. The number of hydrogen-bond donors (Lipinski definition) is 2. The number of rotatable bonds is 7. The number of ether oxygens (including phenoxy) is 1. The highest BCUT2D eigenvalue weighted by Gasteiger charge is 2.05. The SMILES string of the molecule is CCNC(=NCCS(C)(=O)=O)NC(C)COC. The van der Waals surface area contributed by atoms with Crippen molar-refractivity contribution in [2.75, 3.05) is 38.8 Å². The fourth-order valence-corrected chi connectivity index (χ4v) is 1.59. The summed E-state index contributed by atoms with van der Waals surface area (Å²) in [6, 6.07) is 0.121. The molecule has 17 heavy (non-hydrogen) atoms. The first-order valence-corrected chi connectivity index (χ1v) is 7.66. The van der Waals surface area contributed by atoms with Crippen LogP contribution in [0.1, 0.15) is 13.8 Å². The molecule has 0 aromatic heterocycles. The van der Waals surface area contributed by atoms with Crippen LogP contribution in [0.5, 0.6) is 0 Å². The lowest BCUT2D eigenvalue weighted by Crippen LogP contribution is -2.44. The van der Waals surface area contributed by atoms with Crippen molar-refractivity contribution >= 4 is 15.8 Å². The third kappa shape index (κ3) is 10.1. The second-order valence-electron chi connectivity index (χ2n) is 3.89. The maximum absolute atomic E-state index is 11.0. The predicted molar refractivity (Wildman–Crippen MR) is 70.2 cm³/mol. The van der Waals surface area contributed by atoms with Gasteiger partial charge in [0.05, 0.1) is 18.9 Å². The third-order valence-electron chi connectivity index (χ3n) is 1.88. The van der Waals surface area contributed by atoms with Crippen molar-refractivity contribution in [1.82, 2.24) is 10.6 Å². The van der Waals surface area contributed by atoms with Crippen LogP contribution in [0.2, 0.25) is 0 Å². The molecule has 0 bridgehead atoms. The molecule has 102 valence electrons. The minimum absolute atomic E-state index is 0.0578. The van der Waals surface area contributed by atoms with Crippen LogP contribution < -0.4 is 10.6 Å². The van der Waals surface area contributed by atoms with Crippen LogP contribution in [0.25, 0.3) is 0 Å². The van der Waals surface area contributed by atoms with Gasteiger partial charge in [-0.3, -0.25) is 4.99 Å². The van der Waals surface area contributed by atoms with Gasteiger partial charge >= 0.3 is 0 Å². The Morgan fingerprint density at radius 1 is 1.47 bits per heavy atom. The molecule has 0 saturated carbocycles. The maximum Gasteiger partial charge on any atom is 0.191 e. The average Bonchev–Trinajstić information content (AvgIpc) is 2.16. The molecule has 0 spiro atoms. The Labute approximate surface area is 104 Å². The first-order valence-electron chi connectivity index (χ1n) is 5.60. The van der Waals surface area contributed by atoms with Gasteiger partial charge in [-0.1, -0.05) is 0 Å². The van der Waals surface area contributed by atoms with Gasteiger partial charge in [-0.15, -0.1) is 0 Å². The fourth-order valence-electron chi connectivity index (χ4n) is 1.17. The summed E-state index contributed by atoms with van der Waals surface area (Å²) < 4.78 is 26.9. The van der Waals surface area contributed by atoms with E-state index in [1.165, 1.54) is 6.26 Å². The van der Waals surface area contributed by atoms with Crippen LogP contribution in [0.3, 0.4) is 0 Å². The molecule has 1 atom stereocenters. The topological polar surface area (TPSA) is 79.8 Å².